The summed E-state index contributed by atoms with van der Waals surface area (Å²) in [5.74, 6) is -1.06. The fourth-order valence-electron chi connectivity index (χ4n) is 5.78. The zero-order chi connectivity index (χ0) is 36.8. The monoisotopic (exact) mass is 703 g/mol. The molecule has 0 aromatic carbocycles. The summed E-state index contributed by atoms with van der Waals surface area (Å²) < 4.78 is 18.5. The molecule has 2 atom stereocenters. The lowest BCUT2D eigenvalue weighted by atomic mass is 10.0. The molecule has 3 N–H and O–H groups in total. The van der Waals surface area contributed by atoms with Gasteiger partial charge in [-0.05, 0) is 39.5 Å². The molecule has 284 valence electrons. The fraction of sp³-hybridized carbons (Fsp3) is 0.789. The van der Waals surface area contributed by atoms with Crippen LogP contribution in [0.15, 0.2) is 12.5 Å². The standard InChI is InChI=1S/C38H66N6O6/c1-7-8-9-10-11-12-13-14-15-16-17-18-19-20-21-22-32(45)49-27-30(26-44-28-41-31-25-40-36(39)43-34(31)44)23-24-48-35(46)33(29(2)3)42-37(47)50-38(4,5)6/h25,28-30,33H,7-24,26-27H2,1-6H3,(H,42,47)(H2,39,40,43)/t30?,33-/m0/s1. The van der Waals surface area contributed by atoms with Gasteiger partial charge in [0, 0.05) is 18.9 Å². The van der Waals surface area contributed by atoms with Gasteiger partial charge >= 0.3 is 18.0 Å². The van der Waals surface area contributed by atoms with Crippen molar-refractivity contribution in [1.29, 1.82) is 0 Å². The number of aromatic nitrogens is 4. The second kappa shape index (κ2) is 23.9. The summed E-state index contributed by atoms with van der Waals surface area (Å²) in [4.78, 5) is 50.6. The van der Waals surface area contributed by atoms with Crippen LogP contribution in [0, 0.1) is 11.8 Å². The van der Waals surface area contributed by atoms with E-state index in [2.05, 4.69) is 27.2 Å². The Hall–Kier alpha value is -3.44. The molecule has 0 saturated heterocycles. The largest absolute Gasteiger partial charge is 0.465 e. The normalized spacial score (nSPS) is 12.9. The number of imidazole rings is 1. The van der Waals surface area contributed by atoms with Crippen molar-refractivity contribution in [2.45, 2.75) is 169 Å². The van der Waals surface area contributed by atoms with Crippen molar-refractivity contribution in [3.63, 3.8) is 0 Å². The van der Waals surface area contributed by atoms with Gasteiger partial charge in [0.15, 0.2) is 5.65 Å². The van der Waals surface area contributed by atoms with Gasteiger partial charge in [-0.2, -0.15) is 4.98 Å². The smallest absolute Gasteiger partial charge is 0.408 e. The Morgan fingerprint density at radius 3 is 2.00 bits per heavy atom. The van der Waals surface area contributed by atoms with Crippen LogP contribution >= 0.6 is 0 Å². The molecule has 50 heavy (non-hydrogen) atoms. The van der Waals surface area contributed by atoms with E-state index in [0.29, 0.717) is 30.6 Å². The van der Waals surface area contributed by atoms with Crippen LogP contribution in [0.5, 0.6) is 0 Å². The summed E-state index contributed by atoms with van der Waals surface area (Å²) in [6.45, 7) is 11.8. The number of nitrogens with one attached hydrogen (secondary N) is 1. The van der Waals surface area contributed by atoms with Crippen LogP contribution in [-0.2, 0) is 30.3 Å². The second-order valence-electron chi connectivity index (χ2n) is 14.9. The van der Waals surface area contributed by atoms with E-state index in [-0.39, 0.29) is 37.0 Å². The van der Waals surface area contributed by atoms with Gasteiger partial charge in [0.05, 0.1) is 25.7 Å². The van der Waals surface area contributed by atoms with Gasteiger partial charge in [-0.1, -0.05) is 111 Å². The number of nitrogens with zero attached hydrogens (tertiary/aromatic N) is 4. The molecule has 2 aromatic rings. The number of ether oxygens (including phenoxy) is 3. The summed E-state index contributed by atoms with van der Waals surface area (Å²) in [6.07, 6.45) is 22.4. The molecular formula is C38H66N6O6. The highest BCUT2D eigenvalue weighted by atomic mass is 16.6. The van der Waals surface area contributed by atoms with Crippen molar-refractivity contribution in [1.82, 2.24) is 24.8 Å². The van der Waals surface area contributed by atoms with E-state index >= 15 is 0 Å². The van der Waals surface area contributed by atoms with Crippen LogP contribution in [0.4, 0.5) is 10.7 Å². The molecule has 0 saturated carbocycles. The molecule has 0 bridgehead atoms. The van der Waals surface area contributed by atoms with Gasteiger partial charge in [0.1, 0.15) is 17.2 Å². The minimum Gasteiger partial charge on any atom is -0.465 e. The predicted molar refractivity (Wildman–Crippen MR) is 197 cm³/mol. The number of unbranched alkanes of at least 4 members (excludes halogenated alkanes) is 14. The highest BCUT2D eigenvalue weighted by Gasteiger charge is 2.28. The molecule has 2 rings (SSSR count). The number of carbonyl (C=O) groups is 3. The number of carbonyl (C=O) groups excluding carboxylic acids is 3. The number of nitrogen functional groups attached to an aromatic ring is 1. The predicted octanol–water partition coefficient (Wildman–Crippen LogP) is 8.31. The number of fused-ring (bicyclic) bond motifs is 1. The van der Waals surface area contributed by atoms with Gasteiger partial charge in [-0.25, -0.2) is 19.6 Å². The molecule has 0 aliphatic carbocycles. The maximum Gasteiger partial charge on any atom is 0.408 e. The Kier molecular flexibility index (Phi) is 20.4. The first kappa shape index (κ1) is 42.7. The first-order valence-electron chi connectivity index (χ1n) is 19.1. The van der Waals surface area contributed by atoms with Crippen LogP contribution < -0.4 is 11.1 Å². The van der Waals surface area contributed by atoms with E-state index in [1.165, 1.54) is 77.0 Å². The Morgan fingerprint density at radius 2 is 1.44 bits per heavy atom. The number of hydrogen-bond acceptors (Lipinski definition) is 10. The number of amides is 1. The summed E-state index contributed by atoms with van der Waals surface area (Å²) in [7, 11) is 0. The van der Waals surface area contributed by atoms with Crippen molar-refractivity contribution >= 4 is 35.1 Å². The average Bonchev–Trinajstić information content (AvgIpc) is 3.44. The first-order valence-corrected chi connectivity index (χ1v) is 19.1. The summed E-state index contributed by atoms with van der Waals surface area (Å²) in [5, 5.41) is 2.62. The minimum absolute atomic E-state index is 0.0725. The molecule has 0 aliphatic heterocycles. The van der Waals surface area contributed by atoms with E-state index in [4.69, 9.17) is 19.9 Å². The molecule has 1 unspecified atom stereocenters. The summed E-state index contributed by atoms with van der Waals surface area (Å²) in [6, 6.07) is -0.867. The molecular weight excluding hydrogens is 636 g/mol. The van der Waals surface area contributed by atoms with E-state index in [0.717, 1.165) is 19.3 Å². The fourth-order valence-corrected chi connectivity index (χ4v) is 5.78. The molecule has 2 aromatic heterocycles. The zero-order valence-electron chi connectivity index (χ0n) is 31.8. The molecule has 1 amide bonds. The molecule has 0 fully saturated rings. The van der Waals surface area contributed by atoms with E-state index in [1.54, 1.807) is 33.3 Å². The molecule has 0 radical (unpaired) electrons. The molecule has 12 nitrogen and oxygen atoms in total. The van der Waals surface area contributed by atoms with Crippen LogP contribution in [0.3, 0.4) is 0 Å². The second-order valence-corrected chi connectivity index (χ2v) is 14.9. The lowest BCUT2D eigenvalue weighted by Crippen LogP contribution is -2.47. The van der Waals surface area contributed by atoms with Crippen molar-refractivity contribution in [3.8, 4) is 0 Å². The van der Waals surface area contributed by atoms with Gasteiger partial charge in [-0.3, -0.25) is 4.79 Å². The number of rotatable bonds is 26. The Bertz CT molecular complexity index is 1260. The number of esters is 2. The molecule has 0 aliphatic rings. The molecule has 2 heterocycles. The SMILES string of the molecule is CCCCCCCCCCCCCCCCCC(=O)OCC(CCOC(=O)[C@@H](NC(=O)OC(C)(C)C)C(C)C)Cn1cnc2cnc(N)nc21. The van der Waals surface area contributed by atoms with Crippen LogP contribution in [0.1, 0.15) is 151 Å². The maximum absolute atomic E-state index is 13.0. The number of hydrogen-bond donors (Lipinski definition) is 2. The van der Waals surface area contributed by atoms with E-state index < -0.39 is 23.7 Å². The van der Waals surface area contributed by atoms with Crippen LogP contribution in [-0.4, -0.2) is 62.4 Å². The quantitative estimate of drug-likeness (QED) is 0.0554. The van der Waals surface area contributed by atoms with Gasteiger partial charge < -0.3 is 29.8 Å². The minimum atomic E-state index is -0.867. The first-order chi connectivity index (χ1) is 23.9. The van der Waals surface area contributed by atoms with E-state index in [9.17, 15) is 14.4 Å². The van der Waals surface area contributed by atoms with Crippen LogP contribution in [0.25, 0.3) is 11.2 Å². The van der Waals surface area contributed by atoms with Gasteiger partial charge in [-0.15, -0.1) is 0 Å². The zero-order valence-corrected chi connectivity index (χ0v) is 31.8. The maximum atomic E-state index is 13.0. The third-order valence-corrected chi connectivity index (χ3v) is 8.66. The number of anilines is 1. The van der Waals surface area contributed by atoms with Gasteiger partial charge in [0.2, 0.25) is 5.95 Å². The lowest BCUT2D eigenvalue weighted by Gasteiger charge is -2.25. The highest BCUT2D eigenvalue weighted by molar-refractivity contribution is 5.81. The Balaban J connectivity index is 1.77. The average molecular weight is 703 g/mol. The topological polar surface area (TPSA) is 161 Å². The van der Waals surface area contributed by atoms with Gasteiger partial charge in [0.25, 0.3) is 0 Å². The van der Waals surface area contributed by atoms with Crippen molar-refractivity contribution in [2.75, 3.05) is 18.9 Å². The third kappa shape index (κ3) is 18.5. The highest BCUT2D eigenvalue weighted by Crippen LogP contribution is 2.18. The third-order valence-electron chi connectivity index (χ3n) is 8.66. The Labute approximate surface area is 300 Å². The Morgan fingerprint density at radius 1 is 0.860 bits per heavy atom. The lowest BCUT2D eigenvalue weighted by molar-refractivity contribution is -0.150. The number of alkyl carbamates (subject to hydrolysis) is 1. The summed E-state index contributed by atoms with van der Waals surface area (Å²) in [5.41, 5.74) is 6.29. The van der Waals surface area contributed by atoms with E-state index in [1.807, 2.05) is 18.4 Å². The molecule has 12 heteroatoms. The van der Waals surface area contributed by atoms with Crippen molar-refractivity contribution < 1.29 is 28.6 Å². The van der Waals surface area contributed by atoms with Crippen molar-refractivity contribution in [3.05, 3.63) is 12.5 Å². The summed E-state index contributed by atoms with van der Waals surface area (Å²) >= 11 is 0. The number of nitrogens with two attached hydrogens (primary N) is 1. The van der Waals surface area contributed by atoms with Crippen LogP contribution in [0.2, 0.25) is 0 Å². The molecule has 0 spiro atoms. The van der Waals surface area contributed by atoms with Crippen molar-refractivity contribution in [2.24, 2.45) is 11.8 Å².